The van der Waals surface area contributed by atoms with Crippen LogP contribution in [0, 0.1) is 5.92 Å². The molecular formula is C7H11N3. The second-order valence-corrected chi connectivity index (χ2v) is 2.57. The number of amidine groups is 1. The highest BCUT2D eigenvalue weighted by Gasteiger charge is 2.05. The predicted molar refractivity (Wildman–Crippen MR) is 42.0 cm³/mol. The largest absolute Gasteiger partial charge is 0.256 e. The minimum atomic E-state index is 0.404. The quantitative estimate of drug-likeness (QED) is 0.578. The predicted octanol–water partition coefficient (Wildman–Crippen LogP) is 1.13. The standard InChI is InChI=1S/C7H11N3/c1-5(2)7-9-6(3)4-8-10-7/h5H,1-3H3,(H,9,10). The minimum absolute atomic E-state index is 0.404. The van der Waals surface area contributed by atoms with Crippen molar-refractivity contribution in [3.05, 3.63) is 5.70 Å². The van der Waals surface area contributed by atoms with E-state index in [0.29, 0.717) is 5.92 Å². The fraction of sp³-hybridized carbons (Fsp3) is 0.571. The highest BCUT2D eigenvalue weighted by molar-refractivity contribution is 5.87. The summed E-state index contributed by atoms with van der Waals surface area (Å²) in [7, 11) is 0. The van der Waals surface area contributed by atoms with Crippen molar-refractivity contribution >= 4 is 11.7 Å². The molecule has 3 heteroatoms. The first-order valence-electron chi connectivity index (χ1n) is 3.34. The summed E-state index contributed by atoms with van der Waals surface area (Å²) >= 11 is 0. The number of nitrogens with one attached hydrogen (secondary N) is 1. The van der Waals surface area contributed by atoms with E-state index in [1.165, 1.54) is 0 Å². The van der Waals surface area contributed by atoms with Crippen LogP contribution in [0.15, 0.2) is 15.8 Å². The van der Waals surface area contributed by atoms with Gasteiger partial charge in [-0.1, -0.05) is 13.8 Å². The summed E-state index contributed by atoms with van der Waals surface area (Å²) in [5, 5.41) is 3.79. The molecule has 0 aromatic heterocycles. The molecule has 1 aliphatic heterocycles. The van der Waals surface area contributed by atoms with Crippen molar-refractivity contribution in [1.82, 2.24) is 5.43 Å². The molecule has 1 N–H and O–H groups in total. The summed E-state index contributed by atoms with van der Waals surface area (Å²) in [4.78, 5) is 4.20. The monoisotopic (exact) mass is 137 g/mol. The SMILES string of the molecule is CC1=C=NNC(C(C)C)=N1. The average Bonchev–Trinajstić information content (AvgIpc) is 1.88. The number of allylic oxidation sites excluding steroid dienone is 1. The summed E-state index contributed by atoms with van der Waals surface area (Å²) in [6.07, 6.45) is 0. The molecule has 0 spiro atoms. The Morgan fingerprint density at radius 1 is 1.50 bits per heavy atom. The Hall–Kier alpha value is -1.08. The van der Waals surface area contributed by atoms with Gasteiger partial charge in [0.25, 0.3) is 0 Å². The lowest BCUT2D eigenvalue weighted by molar-refractivity contribution is 0.808. The van der Waals surface area contributed by atoms with Crippen LogP contribution in [0.3, 0.4) is 0 Å². The molecule has 0 bridgehead atoms. The molecule has 0 aromatic rings. The zero-order chi connectivity index (χ0) is 7.56. The number of hydrogen-bond donors (Lipinski definition) is 1. The van der Waals surface area contributed by atoms with Gasteiger partial charge in [-0.3, -0.25) is 5.43 Å². The van der Waals surface area contributed by atoms with E-state index in [1.807, 2.05) is 6.92 Å². The lowest BCUT2D eigenvalue weighted by Gasteiger charge is -2.09. The van der Waals surface area contributed by atoms with Crippen molar-refractivity contribution in [2.45, 2.75) is 20.8 Å². The zero-order valence-corrected chi connectivity index (χ0v) is 6.47. The summed E-state index contributed by atoms with van der Waals surface area (Å²) in [6.45, 7) is 6.02. The van der Waals surface area contributed by atoms with Gasteiger partial charge in [0.1, 0.15) is 11.5 Å². The molecule has 0 aromatic carbocycles. The maximum absolute atomic E-state index is 4.20. The van der Waals surface area contributed by atoms with Gasteiger partial charge in [-0.15, -0.1) is 5.10 Å². The molecule has 54 valence electrons. The van der Waals surface area contributed by atoms with Crippen molar-refractivity contribution in [2.24, 2.45) is 16.0 Å². The van der Waals surface area contributed by atoms with Crippen LogP contribution in [-0.4, -0.2) is 11.7 Å². The average molecular weight is 137 g/mol. The van der Waals surface area contributed by atoms with Gasteiger partial charge in [0, 0.05) is 11.8 Å². The number of rotatable bonds is 1. The molecule has 0 amide bonds. The maximum atomic E-state index is 4.20. The van der Waals surface area contributed by atoms with Crippen LogP contribution in [0.5, 0.6) is 0 Å². The van der Waals surface area contributed by atoms with E-state index in [1.54, 1.807) is 0 Å². The van der Waals surface area contributed by atoms with Crippen molar-refractivity contribution in [3.8, 4) is 0 Å². The van der Waals surface area contributed by atoms with Gasteiger partial charge >= 0.3 is 0 Å². The Bertz CT molecular complexity index is 219. The van der Waals surface area contributed by atoms with Crippen LogP contribution < -0.4 is 5.43 Å². The van der Waals surface area contributed by atoms with E-state index in [0.717, 1.165) is 11.5 Å². The summed E-state index contributed by atoms with van der Waals surface area (Å²) < 4.78 is 0. The highest BCUT2D eigenvalue weighted by atomic mass is 15.3. The molecule has 1 rings (SSSR count). The second-order valence-electron chi connectivity index (χ2n) is 2.57. The van der Waals surface area contributed by atoms with Crippen molar-refractivity contribution in [2.75, 3.05) is 0 Å². The minimum Gasteiger partial charge on any atom is -0.256 e. The molecule has 0 saturated heterocycles. The highest BCUT2D eigenvalue weighted by Crippen LogP contribution is 2.00. The summed E-state index contributed by atoms with van der Waals surface area (Å²) in [6, 6.07) is 0. The molecule has 0 unspecified atom stereocenters. The summed E-state index contributed by atoms with van der Waals surface area (Å²) in [5.74, 6) is 4.03. The Morgan fingerprint density at radius 2 is 2.20 bits per heavy atom. The van der Waals surface area contributed by atoms with Crippen LogP contribution in [0.1, 0.15) is 20.8 Å². The fourth-order valence-electron chi connectivity index (χ4n) is 0.655. The number of hydrazone groups is 1. The number of nitrogens with zero attached hydrogens (tertiary/aromatic N) is 2. The van der Waals surface area contributed by atoms with E-state index in [-0.39, 0.29) is 0 Å². The van der Waals surface area contributed by atoms with Crippen LogP contribution in [0.4, 0.5) is 0 Å². The van der Waals surface area contributed by atoms with E-state index < -0.39 is 0 Å². The molecular weight excluding hydrogens is 126 g/mol. The Kier molecular flexibility index (Phi) is 1.88. The zero-order valence-electron chi connectivity index (χ0n) is 6.47. The van der Waals surface area contributed by atoms with Crippen LogP contribution >= 0.6 is 0 Å². The topological polar surface area (TPSA) is 36.8 Å². The third kappa shape index (κ3) is 1.45. The lowest BCUT2D eigenvalue weighted by Crippen LogP contribution is -2.25. The van der Waals surface area contributed by atoms with Gasteiger partial charge in [0.2, 0.25) is 0 Å². The lowest BCUT2D eigenvalue weighted by atomic mass is 10.2. The van der Waals surface area contributed by atoms with Crippen LogP contribution in [-0.2, 0) is 0 Å². The normalized spacial score (nSPS) is 16.4. The molecule has 1 heterocycles. The van der Waals surface area contributed by atoms with Gasteiger partial charge in [-0.05, 0) is 6.92 Å². The number of aliphatic imine (C=N–C) groups is 1. The Labute approximate surface area is 60.5 Å². The summed E-state index contributed by atoms with van der Waals surface area (Å²) in [5.41, 5.74) is 3.63. The third-order valence-corrected chi connectivity index (χ3v) is 1.22. The van der Waals surface area contributed by atoms with Gasteiger partial charge in [-0.2, -0.15) is 0 Å². The molecule has 0 radical (unpaired) electrons. The second kappa shape index (κ2) is 2.67. The molecule has 0 atom stereocenters. The van der Waals surface area contributed by atoms with Crippen LogP contribution in [0.2, 0.25) is 0 Å². The number of hydrogen-bond acceptors (Lipinski definition) is 3. The first kappa shape index (κ1) is 7.03. The molecule has 0 fully saturated rings. The smallest absolute Gasteiger partial charge is 0.126 e. The van der Waals surface area contributed by atoms with E-state index in [9.17, 15) is 0 Å². The van der Waals surface area contributed by atoms with Gasteiger partial charge < -0.3 is 0 Å². The first-order valence-corrected chi connectivity index (χ1v) is 3.34. The van der Waals surface area contributed by atoms with Crippen molar-refractivity contribution in [1.29, 1.82) is 0 Å². The van der Waals surface area contributed by atoms with Gasteiger partial charge in [-0.25, -0.2) is 4.99 Å². The fourth-order valence-corrected chi connectivity index (χ4v) is 0.655. The van der Waals surface area contributed by atoms with E-state index >= 15 is 0 Å². The van der Waals surface area contributed by atoms with E-state index in [2.05, 4.69) is 35.2 Å². The van der Waals surface area contributed by atoms with Crippen molar-refractivity contribution < 1.29 is 0 Å². The Morgan fingerprint density at radius 3 is 2.60 bits per heavy atom. The molecule has 0 saturated carbocycles. The molecule has 1 aliphatic rings. The van der Waals surface area contributed by atoms with Gasteiger partial charge in [0.15, 0.2) is 0 Å². The van der Waals surface area contributed by atoms with E-state index in [4.69, 9.17) is 0 Å². The molecule has 10 heavy (non-hydrogen) atoms. The first-order chi connectivity index (χ1) is 4.70. The maximum Gasteiger partial charge on any atom is 0.126 e. The molecule has 0 aliphatic carbocycles. The van der Waals surface area contributed by atoms with Crippen LogP contribution in [0.25, 0.3) is 0 Å². The Balaban J connectivity index is 2.79. The molecule has 3 nitrogen and oxygen atoms in total. The van der Waals surface area contributed by atoms with Gasteiger partial charge in [0.05, 0.1) is 0 Å². The van der Waals surface area contributed by atoms with Crippen molar-refractivity contribution in [3.63, 3.8) is 0 Å². The third-order valence-electron chi connectivity index (χ3n) is 1.22.